The lowest BCUT2D eigenvalue weighted by molar-refractivity contribution is -0.142. The average molecular weight is 222 g/mol. The zero-order valence-corrected chi connectivity index (χ0v) is 10.0. The number of hydrogen-bond acceptors (Lipinski definition) is 3. The molecule has 0 spiro atoms. The Hall–Kier alpha value is -1.51. The number of carbonyl (C=O) groups is 1. The molecule has 0 aliphatic rings. The first-order valence-electron chi connectivity index (χ1n) is 5.53. The van der Waals surface area contributed by atoms with Crippen LogP contribution in [0.2, 0.25) is 0 Å². The van der Waals surface area contributed by atoms with Crippen molar-refractivity contribution < 1.29 is 14.3 Å². The van der Waals surface area contributed by atoms with E-state index >= 15 is 0 Å². The quantitative estimate of drug-likeness (QED) is 0.719. The van der Waals surface area contributed by atoms with Crippen molar-refractivity contribution in [3.63, 3.8) is 0 Å². The van der Waals surface area contributed by atoms with Crippen molar-refractivity contribution in [1.29, 1.82) is 0 Å². The Labute approximate surface area is 96.4 Å². The SMILES string of the molecule is CCOc1cccc(C(CC)C(=O)OC)c1. The molecule has 0 radical (unpaired) electrons. The van der Waals surface area contributed by atoms with Crippen LogP contribution < -0.4 is 4.74 Å². The summed E-state index contributed by atoms with van der Waals surface area (Å²) in [5.41, 5.74) is 0.945. The van der Waals surface area contributed by atoms with E-state index in [4.69, 9.17) is 9.47 Å². The maximum Gasteiger partial charge on any atom is 0.313 e. The second-order valence-corrected chi connectivity index (χ2v) is 3.49. The molecule has 1 atom stereocenters. The highest BCUT2D eigenvalue weighted by atomic mass is 16.5. The van der Waals surface area contributed by atoms with E-state index in [1.165, 1.54) is 7.11 Å². The Morgan fingerprint density at radius 2 is 2.12 bits per heavy atom. The van der Waals surface area contributed by atoms with Gasteiger partial charge in [0.1, 0.15) is 5.75 Å². The van der Waals surface area contributed by atoms with Gasteiger partial charge in [-0.05, 0) is 31.0 Å². The third-order valence-electron chi connectivity index (χ3n) is 2.47. The lowest BCUT2D eigenvalue weighted by atomic mass is 9.96. The van der Waals surface area contributed by atoms with Gasteiger partial charge >= 0.3 is 5.97 Å². The molecule has 88 valence electrons. The molecule has 0 N–H and O–H groups in total. The monoisotopic (exact) mass is 222 g/mol. The van der Waals surface area contributed by atoms with E-state index in [0.29, 0.717) is 6.61 Å². The molecule has 1 aromatic rings. The molecular formula is C13H18O3. The summed E-state index contributed by atoms with van der Waals surface area (Å²) in [6.07, 6.45) is 0.724. The van der Waals surface area contributed by atoms with Crippen molar-refractivity contribution in [2.45, 2.75) is 26.2 Å². The van der Waals surface area contributed by atoms with Gasteiger partial charge in [-0.2, -0.15) is 0 Å². The van der Waals surface area contributed by atoms with Crippen LogP contribution in [0, 0.1) is 0 Å². The fraction of sp³-hybridized carbons (Fsp3) is 0.462. The number of esters is 1. The highest BCUT2D eigenvalue weighted by Crippen LogP contribution is 2.24. The van der Waals surface area contributed by atoms with E-state index in [0.717, 1.165) is 17.7 Å². The molecule has 16 heavy (non-hydrogen) atoms. The molecule has 1 unspecified atom stereocenters. The van der Waals surface area contributed by atoms with Crippen LogP contribution in [0.3, 0.4) is 0 Å². The van der Waals surface area contributed by atoms with Crippen molar-refractivity contribution >= 4 is 5.97 Å². The van der Waals surface area contributed by atoms with Crippen LogP contribution in [0.5, 0.6) is 5.75 Å². The van der Waals surface area contributed by atoms with E-state index in [2.05, 4.69) is 0 Å². The summed E-state index contributed by atoms with van der Waals surface area (Å²) in [5.74, 6) is 0.393. The molecule has 0 aliphatic carbocycles. The van der Waals surface area contributed by atoms with Crippen molar-refractivity contribution in [1.82, 2.24) is 0 Å². The van der Waals surface area contributed by atoms with Gasteiger partial charge < -0.3 is 9.47 Å². The maximum atomic E-state index is 11.5. The van der Waals surface area contributed by atoms with Crippen LogP contribution in [0.25, 0.3) is 0 Å². The summed E-state index contributed by atoms with van der Waals surface area (Å²) in [4.78, 5) is 11.5. The summed E-state index contributed by atoms with van der Waals surface area (Å²) in [6, 6.07) is 7.60. The van der Waals surface area contributed by atoms with Gasteiger partial charge in [-0.3, -0.25) is 4.79 Å². The first-order chi connectivity index (χ1) is 7.72. The molecule has 0 fully saturated rings. The fourth-order valence-electron chi connectivity index (χ4n) is 1.67. The Balaban J connectivity index is 2.92. The molecule has 0 aliphatic heterocycles. The normalized spacial score (nSPS) is 11.9. The summed E-state index contributed by atoms with van der Waals surface area (Å²) >= 11 is 0. The molecule has 1 aromatic carbocycles. The predicted octanol–water partition coefficient (Wildman–Crippen LogP) is 2.75. The smallest absolute Gasteiger partial charge is 0.313 e. The van der Waals surface area contributed by atoms with Crippen molar-refractivity contribution in [3.8, 4) is 5.75 Å². The minimum absolute atomic E-state index is 0.198. The predicted molar refractivity (Wildman–Crippen MR) is 62.7 cm³/mol. The minimum atomic E-state index is -0.203. The van der Waals surface area contributed by atoms with Gasteiger partial charge in [-0.15, -0.1) is 0 Å². The van der Waals surface area contributed by atoms with E-state index in [1.807, 2.05) is 38.1 Å². The second kappa shape index (κ2) is 6.16. The van der Waals surface area contributed by atoms with E-state index in [-0.39, 0.29) is 11.9 Å². The number of carbonyl (C=O) groups excluding carboxylic acids is 1. The molecule has 0 saturated heterocycles. The lowest BCUT2D eigenvalue weighted by Crippen LogP contribution is -2.13. The largest absolute Gasteiger partial charge is 0.494 e. The van der Waals surface area contributed by atoms with E-state index < -0.39 is 0 Å². The van der Waals surface area contributed by atoms with Gasteiger partial charge in [0.25, 0.3) is 0 Å². The average Bonchev–Trinajstić information content (AvgIpc) is 2.31. The Morgan fingerprint density at radius 1 is 1.38 bits per heavy atom. The molecule has 1 rings (SSSR count). The van der Waals surface area contributed by atoms with E-state index in [1.54, 1.807) is 0 Å². The summed E-state index contributed by atoms with van der Waals surface area (Å²) in [6.45, 7) is 4.53. The Kier molecular flexibility index (Phi) is 4.83. The number of hydrogen-bond donors (Lipinski definition) is 0. The zero-order valence-electron chi connectivity index (χ0n) is 10.0. The third kappa shape index (κ3) is 2.99. The van der Waals surface area contributed by atoms with E-state index in [9.17, 15) is 4.79 Å². The molecule has 3 nitrogen and oxygen atoms in total. The molecule has 0 amide bonds. The Bertz CT molecular complexity index is 347. The summed E-state index contributed by atoms with van der Waals surface area (Å²) < 4.78 is 10.2. The summed E-state index contributed by atoms with van der Waals surface area (Å²) in [7, 11) is 1.41. The number of rotatable bonds is 5. The first kappa shape index (κ1) is 12.6. The number of ether oxygens (including phenoxy) is 2. The van der Waals surface area contributed by atoms with Crippen LogP contribution in [-0.2, 0) is 9.53 Å². The van der Waals surface area contributed by atoms with Gasteiger partial charge in [0.15, 0.2) is 0 Å². The highest BCUT2D eigenvalue weighted by Gasteiger charge is 2.19. The van der Waals surface area contributed by atoms with Crippen LogP contribution >= 0.6 is 0 Å². The van der Waals surface area contributed by atoms with Crippen LogP contribution in [-0.4, -0.2) is 19.7 Å². The molecule has 0 bridgehead atoms. The summed E-state index contributed by atoms with van der Waals surface area (Å²) in [5, 5.41) is 0. The lowest BCUT2D eigenvalue weighted by Gasteiger charge is -2.13. The van der Waals surface area contributed by atoms with Crippen LogP contribution in [0.15, 0.2) is 24.3 Å². The molecule has 0 saturated carbocycles. The van der Waals surface area contributed by atoms with Gasteiger partial charge in [0.2, 0.25) is 0 Å². The number of methoxy groups -OCH3 is 1. The maximum absolute atomic E-state index is 11.5. The van der Waals surface area contributed by atoms with Gasteiger partial charge in [-0.1, -0.05) is 19.1 Å². The van der Waals surface area contributed by atoms with Crippen molar-refractivity contribution in [2.75, 3.05) is 13.7 Å². The fourth-order valence-corrected chi connectivity index (χ4v) is 1.67. The molecule has 0 heterocycles. The third-order valence-corrected chi connectivity index (χ3v) is 2.47. The topological polar surface area (TPSA) is 35.5 Å². The van der Waals surface area contributed by atoms with Gasteiger partial charge in [0.05, 0.1) is 19.6 Å². The molecular weight excluding hydrogens is 204 g/mol. The van der Waals surface area contributed by atoms with Crippen molar-refractivity contribution in [2.24, 2.45) is 0 Å². The second-order valence-electron chi connectivity index (χ2n) is 3.49. The van der Waals surface area contributed by atoms with Crippen LogP contribution in [0.4, 0.5) is 0 Å². The van der Waals surface area contributed by atoms with Gasteiger partial charge in [-0.25, -0.2) is 0 Å². The zero-order chi connectivity index (χ0) is 12.0. The standard InChI is InChI=1S/C13H18O3/c1-4-12(13(14)15-3)10-7-6-8-11(9-10)16-5-2/h6-9,12H,4-5H2,1-3H3. The Morgan fingerprint density at radius 3 is 2.69 bits per heavy atom. The van der Waals surface area contributed by atoms with Crippen LogP contribution in [0.1, 0.15) is 31.7 Å². The highest BCUT2D eigenvalue weighted by molar-refractivity contribution is 5.78. The van der Waals surface area contributed by atoms with Gasteiger partial charge in [0, 0.05) is 0 Å². The number of benzene rings is 1. The van der Waals surface area contributed by atoms with Crippen molar-refractivity contribution in [3.05, 3.63) is 29.8 Å². The minimum Gasteiger partial charge on any atom is -0.494 e. The molecule has 0 aromatic heterocycles. The molecule has 3 heteroatoms. The first-order valence-corrected chi connectivity index (χ1v) is 5.53.